The molecule has 0 aliphatic carbocycles. The van der Waals surface area contributed by atoms with Gasteiger partial charge in [-0.15, -0.1) is 0 Å². The van der Waals surface area contributed by atoms with Gasteiger partial charge in [-0.1, -0.05) is 6.92 Å². The van der Waals surface area contributed by atoms with Crippen LogP contribution in [-0.2, 0) is 6.42 Å². The maximum atomic E-state index is 4.24. The Hall–Kier alpha value is -1.65. The summed E-state index contributed by atoms with van der Waals surface area (Å²) in [6, 6.07) is 0. The molecule has 0 aliphatic rings. The van der Waals surface area contributed by atoms with Gasteiger partial charge in [-0.2, -0.15) is 10.2 Å². The molecule has 5 heteroatoms. The lowest BCUT2D eigenvalue weighted by Crippen LogP contribution is -1.81. The highest BCUT2D eigenvalue weighted by Gasteiger charge is 2.04. The van der Waals surface area contributed by atoms with Gasteiger partial charge in [0.15, 0.2) is 5.82 Å². The number of hydrogen-bond donors (Lipinski definition) is 2. The van der Waals surface area contributed by atoms with E-state index >= 15 is 0 Å². The smallest absolute Gasteiger partial charge is 0.184 e. The molecule has 0 unspecified atom stereocenters. The van der Waals surface area contributed by atoms with Crippen molar-refractivity contribution >= 4 is 0 Å². The summed E-state index contributed by atoms with van der Waals surface area (Å²) < 4.78 is 0. The molecule has 0 aliphatic heterocycles. The zero-order chi connectivity index (χ0) is 8.39. The second kappa shape index (κ2) is 2.77. The minimum absolute atomic E-state index is 0.695. The molecule has 2 N–H and O–H groups in total. The lowest BCUT2D eigenvalue weighted by Gasteiger charge is -1.82. The Balaban J connectivity index is 2.35. The van der Waals surface area contributed by atoms with Gasteiger partial charge in [0, 0.05) is 12.6 Å². The van der Waals surface area contributed by atoms with E-state index in [4.69, 9.17) is 0 Å². The van der Waals surface area contributed by atoms with Crippen LogP contribution in [0.4, 0.5) is 0 Å². The molecule has 2 rings (SSSR count). The number of aromatic amines is 2. The van der Waals surface area contributed by atoms with Gasteiger partial charge in [-0.25, -0.2) is 4.98 Å². The maximum Gasteiger partial charge on any atom is 0.184 e. The van der Waals surface area contributed by atoms with Gasteiger partial charge in [0.25, 0.3) is 0 Å². The largest absolute Gasteiger partial charge is 0.285 e. The minimum Gasteiger partial charge on any atom is -0.285 e. The van der Waals surface area contributed by atoms with E-state index in [0.717, 1.165) is 17.8 Å². The maximum absolute atomic E-state index is 4.24. The van der Waals surface area contributed by atoms with Crippen LogP contribution in [0.5, 0.6) is 0 Å². The molecule has 0 aromatic carbocycles. The Morgan fingerprint density at radius 3 is 3.00 bits per heavy atom. The van der Waals surface area contributed by atoms with E-state index in [0.29, 0.717) is 5.82 Å². The molecule has 0 spiro atoms. The Morgan fingerprint density at radius 2 is 2.42 bits per heavy atom. The molecule has 0 saturated heterocycles. The number of nitrogens with zero attached hydrogens (tertiary/aromatic N) is 3. The van der Waals surface area contributed by atoms with Crippen molar-refractivity contribution in [1.82, 2.24) is 25.4 Å². The van der Waals surface area contributed by atoms with Crippen molar-refractivity contribution < 1.29 is 0 Å². The van der Waals surface area contributed by atoms with Crippen molar-refractivity contribution in [2.45, 2.75) is 13.3 Å². The number of nitrogens with one attached hydrogen (secondary N) is 2. The highest BCUT2D eigenvalue weighted by atomic mass is 15.2. The van der Waals surface area contributed by atoms with Crippen LogP contribution in [-0.4, -0.2) is 25.4 Å². The highest BCUT2D eigenvalue weighted by Crippen LogP contribution is 2.10. The van der Waals surface area contributed by atoms with Crippen molar-refractivity contribution in [3.8, 4) is 11.4 Å². The Labute approximate surface area is 69.2 Å². The van der Waals surface area contributed by atoms with Crippen LogP contribution in [0.3, 0.4) is 0 Å². The molecule has 0 atom stereocenters. The number of rotatable bonds is 2. The second-order valence-corrected chi connectivity index (χ2v) is 2.45. The van der Waals surface area contributed by atoms with Gasteiger partial charge < -0.3 is 0 Å². The predicted octanol–water partition coefficient (Wildman–Crippen LogP) is 0.757. The third kappa shape index (κ3) is 1.09. The van der Waals surface area contributed by atoms with Crippen LogP contribution in [0.25, 0.3) is 11.4 Å². The summed E-state index contributed by atoms with van der Waals surface area (Å²) in [6.45, 7) is 2.03. The second-order valence-electron chi connectivity index (χ2n) is 2.45. The van der Waals surface area contributed by atoms with Gasteiger partial charge in [0.2, 0.25) is 0 Å². The standard InChI is InChI=1S/C7H9N5/c1-2-6-10-7(12-11-6)5-3-8-9-4-5/h3-4H,2H2,1H3,(H,8,9)(H,10,11,12). The van der Waals surface area contributed by atoms with E-state index in [1.165, 1.54) is 0 Å². The topological polar surface area (TPSA) is 70.2 Å². The molecular formula is C7H9N5. The molecular weight excluding hydrogens is 154 g/mol. The quantitative estimate of drug-likeness (QED) is 0.686. The van der Waals surface area contributed by atoms with Crippen LogP contribution < -0.4 is 0 Å². The summed E-state index contributed by atoms with van der Waals surface area (Å²) in [5.41, 5.74) is 0.908. The number of aryl methyl sites for hydroxylation is 1. The molecule has 0 radical (unpaired) electrons. The van der Waals surface area contributed by atoms with E-state index in [2.05, 4.69) is 25.4 Å². The molecule has 0 bridgehead atoms. The van der Waals surface area contributed by atoms with Crippen molar-refractivity contribution in [3.05, 3.63) is 18.2 Å². The summed E-state index contributed by atoms with van der Waals surface area (Å²) >= 11 is 0. The average molecular weight is 163 g/mol. The Morgan fingerprint density at radius 1 is 1.50 bits per heavy atom. The third-order valence-corrected chi connectivity index (χ3v) is 1.62. The van der Waals surface area contributed by atoms with Crippen LogP contribution in [0, 0.1) is 0 Å². The third-order valence-electron chi connectivity index (χ3n) is 1.62. The van der Waals surface area contributed by atoms with Crippen molar-refractivity contribution in [3.63, 3.8) is 0 Å². The zero-order valence-corrected chi connectivity index (χ0v) is 6.70. The van der Waals surface area contributed by atoms with E-state index < -0.39 is 0 Å². The number of aromatic nitrogens is 5. The SMILES string of the molecule is CCc1nc(-c2cn[nH]c2)n[nH]1. The average Bonchev–Trinajstić information content (AvgIpc) is 2.75. The van der Waals surface area contributed by atoms with Crippen molar-refractivity contribution in [2.24, 2.45) is 0 Å². The molecule has 2 heterocycles. The lowest BCUT2D eigenvalue weighted by atomic mass is 10.3. The molecule has 5 nitrogen and oxygen atoms in total. The Bertz CT molecular complexity index is 348. The molecule has 0 saturated carbocycles. The van der Waals surface area contributed by atoms with Gasteiger partial charge >= 0.3 is 0 Å². The number of hydrogen-bond acceptors (Lipinski definition) is 3. The van der Waals surface area contributed by atoms with Gasteiger partial charge in [0.05, 0.1) is 11.8 Å². The highest BCUT2D eigenvalue weighted by molar-refractivity contribution is 5.50. The van der Waals surface area contributed by atoms with Crippen molar-refractivity contribution in [2.75, 3.05) is 0 Å². The van der Waals surface area contributed by atoms with Gasteiger partial charge in [-0.05, 0) is 0 Å². The summed E-state index contributed by atoms with van der Waals surface area (Å²) in [6.07, 6.45) is 4.33. The van der Waals surface area contributed by atoms with Crippen LogP contribution in [0.2, 0.25) is 0 Å². The van der Waals surface area contributed by atoms with Gasteiger partial charge in [0.1, 0.15) is 5.82 Å². The number of H-pyrrole nitrogens is 2. The summed E-state index contributed by atoms with van der Waals surface area (Å²) in [5.74, 6) is 1.59. The fourth-order valence-corrected chi connectivity index (χ4v) is 0.956. The lowest BCUT2D eigenvalue weighted by molar-refractivity contribution is 0.946. The summed E-state index contributed by atoms with van der Waals surface area (Å²) in [5, 5.41) is 13.4. The molecule has 12 heavy (non-hydrogen) atoms. The summed E-state index contributed by atoms with van der Waals surface area (Å²) in [4.78, 5) is 4.24. The predicted molar refractivity (Wildman–Crippen MR) is 43.3 cm³/mol. The minimum atomic E-state index is 0.695. The molecule has 62 valence electrons. The fourth-order valence-electron chi connectivity index (χ4n) is 0.956. The normalized spacial score (nSPS) is 10.4. The van der Waals surface area contributed by atoms with E-state index in [9.17, 15) is 0 Å². The molecule has 2 aromatic heterocycles. The molecule has 2 aromatic rings. The van der Waals surface area contributed by atoms with Crippen LogP contribution in [0.15, 0.2) is 12.4 Å². The van der Waals surface area contributed by atoms with E-state index in [1.807, 2.05) is 6.92 Å². The summed E-state index contributed by atoms with van der Waals surface area (Å²) in [7, 11) is 0. The molecule has 0 fully saturated rings. The van der Waals surface area contributed by atoms with Crippen LogP contribution in [0.1, 0.15) is 12.7 Å². The first-order valence-electron chi connectivity index (χ1n) is 3.80. The van der Waals surface area contributed by atoms with Crippen molar-refractivity contribution in [1.29, 1.82) is 0 Å². The molecule has 0 amide bonds. The first-order valence-corrected chi connectivity index (χ1v) is 3.80. The first-order chi connectivity index (χ1) is 5.90. The van der Waals surface area contributed by atoms with E-state index in [-0.39, 0.29) is 0 Å². The first kappa shape index (κ1) is 7.02. The van der Waals surface area contributed by atoms with Gasteiger partial charge in [-0.3, -0.25) is 10.2 Å². The van der Waals surface area contributed by atoms with Crippen LogP contribution >= 0.6 is 0 Å². The zero-order valence-electron chi connectivity index (χ0n) is 6.70. The van der Waals surface area contributed by atoms with E-state index in [1.54, 1.807) is 12.4 Å². The Kier molecular flexibility index (Phi) is 1.62. The fraction of sp³-hybridized carbons (Fsp3) is 0.286. The monoisotopic (exact) mass is 163 g/mol.